The van der Waals surface area contributed by atoms with Gasteiger partial charge in [-0.1, -0.05) is 6.42 Å². The lowest BCUT2D eigenvalue weighted by molar-refractivity contribution is -0.181. The first-order valence-corrected chi connectivity index (χ1v) is 11.2. The minimum atomic E-state index is -1.53. The highest BCUT2D eigenvalue weighted by atomic mass is 31.2. The van der Waals surface area contributed by atoms with E-state index in [1.54, 1.807) is 13.8 Å². The summed E-state index contributed by atoms with van der Waals surface area (Å²) in [6.07, 6.45) is 2.15. The number of hydrogen-bond donors (Lipinski definition) is 0. The average molecular weight is 402 g/mol. The first-order chi connectivity index (χ1) is 13.0. The van der Waals surface area contributed by atoms with Gasteiger partial charge in [0.1, 0.15) is 5.78 Å². The fourth-order valence-corrected chi connectivity index (χ4v) is 6.20. The zero-order valence-electron chi connectivity index (χ0n) is 16.7. The Morgan fingerprint density at radius 2 is 1.52 bits per heavy atom. The van der Waals surface area contributed by atoms with E-state index in [9.17, 15) is 14.4 Å². The van der Waals surface area contributed by atoms with Crippen LogP contribution in [0.4, 0.5) is 0 Å². The Balaban J connectivity index is 2.49. The fraction of sp³-hybridized carbons (Fsp3) is 0.842. The number of carbonyl (C=O) groups is 3. The van der Waals surface area contributed by atoms with Crippen molar-refractivity contribution in [2.24, 2.45) is 17.3 Å². The first kappa shape index (κ1) is 22.3. The summed E-state index contributed by atoms with van der Waals surface area (Å²) in [5, 5.41) is 0. The number of ether oxygens (including phenoxy) is 2. The molecule has 0 aliphatic heterocycles. The van der Waals surface area contributed by atoms with Gasteiger partial charge in [-0.25, -0.2) is 0 Å². The van der Waals surface area contributed by atoms with Crippen LogP contribution in [-0.2, 0) is 32.9 Å². The van der Waals surface area contributed by atoms with Gasteiger partial charge >= 0.3 is 11.9 Å². The van der Waals surface area contributed by atoms with Crippen molar-refractivity contribution in [3.63, 3.8) is 0 Å². The highest BCUT2D eigenvalue weighted by Gasteiger charge is 2.65. The average Bonchev–Trinajstić information content (AvgIpc) is 3.13. The van der Waals surface area contributed by atoms with Crippen LogP contribution in [0.5, 0.6) is 0 Å². The van der Waals surface area contributed by atoms with Crippen LogP contribution in [-0.4, -0.2) is 49.8 Å². The molecule has 0 spiro atoms. The first-order valence-electron chi connectivity index (χ1n) is 9.90. The summed E-state index contributed by atoms with van der Waals surface area (Å²) in [6, 6.07) is 0. The molecule has 2 fully saturated rings. The van der Waals surface area contributed by atoms with Gasteiger partial charge in [-0.15, -0.1) is 0 Å². The predicted octanol–water partition coefficient (Wildman–Crippen LogP) is 3.24. The lowest BCUT2D eigenvalue weighted by atomic mass is 9.62. The molecule has 27 heavy (non-hydrogen) atoms. The SMILES string of the molecule is CCOC(=O)C1(C(=O)OCC)CC(P(OCC)OCC)C(=O)C2CCCC21. The van der Waals surface area contributed by atoms with Crippen LogP contribution < -0.4 is 0 Å². The Morgan fingerprint density at radius 3 is 2.00 bits per heavy atom. The second-order valence-electron chi connectivity index (χ2n) is 6.80. The second-order valence-corrected chi connectivity index (χ2v) is 8.51. The summed E-state index contributed by atoms with van der Waals surface area (Å²) in [7, 11) is -1.53. The van der Waals surface area contributed by atoms with Crippen molar-refractivity contribution < 1.29 is 32.9 Å². The molecule has 0 bridgehead atoms. The maximum atomic E-state index is 13.2. The van der Waals surface area contributed by atoms with Gasteiger partial charge in [0.15, 0.2) is 13.8 Å². The van der Waals surface area contributed by atoms with Crippen LogP contribution in [0.3, 0.4) is 0 Å². The summed E-state index contributed by atoms with van der Waals surface area (Å²) in [6.45, 7) is 8.23. The van der Waals surface area contributed by atoms with Crippen LogP contribution in [0.1, 0.15) is 53.4 Å². The van der Waals surface area contributed by atoms with Crippen LogP contribution in [0, 0.1) is 17.3 Å². The van der Waals surface area contributed by atoms with Crippen LogP contribution in [0.2, 0.25) is 0 Å². The van der Waals surface area contributed by atoms with Crippen molar-refractivity contribution >= 4 is 26.1 Å². The van der Waals surface area contributed by atoms with Gasteiger partial charge < -0.3 is 18.5 Å². The van der Waals surface area contributed by atoms with Crippen LogP contribution in [0.25, 0.3) is 0 Å². The Kier molecular flexibility index (Phi) is 8.20. The van der Waals surface area contributed by atoms with Gasteiger partial charge in [-0.05, 0) is 52.9 Å². The van der Waals surface area contributed by atoms with Gasteiger partial charge in [-0.2, -0.15) is 0 Å². The molecule has 0 aromatic heterocycles. The lowest BCUT2D eigenvalue weighted by Crippen LogP contribution is -2.57. The number of esters is 2. The molecule has 2 saturated carbocycles. The molecule has 0 radical (unpaired) electrons. The van der Waals surface area contributed by atoms with E-state index in [1.165, 1.54) is 0 Å². The highest BCUT2D eigenvalue weighted by molar-refractivity contribution is 7.49. The molecule has 0 amide bonds. The normalized spacial score (nSPS) is 26.7. The van der Waals surface area contributed by atoms with Gasteiger partial charge in [0.05, 0.1) is 32.1 Å². The fourth-order valence-electron chi connectivity index (χ4n) is 4.42. The molecule has 0 aromatic rings. The third-order valence-electron chi connectivity index (χ3n) is 5.40. The molecule has 2 aliphatic carbocycles. The number of fused-ring (bicyclic) bond motifs is 1. The number of hydrogen-bond acceptors (Lipinski definition) is 7. The van der Waals surface area contributed by atoms with E-state index < -0.39 is 31.4 Å². The van der Waals surface area contributed by atoms with Crippen molar-refractivity contribution in [1.82, 2.24) is 0 Å². The Labute approximate surface area is 162 Å². The number of ketones is 1. The van der Waals surface area contributed by atoms with Crippen LogP contribution in [0.15, 0.2) is 0 Å². The van der Waals surface area contributed by atoms with E-state index in [0.717, 1.165) is 6.42 Å². The number of rotatable bonds is 9. The smallest absolute Gasteiger partial charge is 0.323 e. The monoisotopic (exact) mass is 402 g/mol. The molecular formula is C19H31O7P. The molecule has 0 aromatic carbocycles. The third kappa shape index (κ3) is 4.20. The Morgan fingerprint density at radius 1 is 0.963 bits per heavy atom. The van der Waals surface area contributed by atoms with E-state index in [2.05, 4.69) is 0 Å². The van der Waals surface area contributed by atoms with E-state index in [1.807, 2.05) is 13.8 Å². The van der Waals surface area contributed by atoms with Gasteiger partial charge in [0.2, 0.25) is 0 Å². The molecule has 0 saturated heterocycles. The Bertz CT molecular complexity index is 526. The number of Topliss-reactive ketones (excluding diaryl/α,β-unsaturated/α-hetero) is 1. The van der Waals surface area contributed by atoms with Gasteiger partial charge in [0, 0.05) is 5.92 Å². The number of carbonyl (C=O) groups excluding carboxylic acids is 3. The molecule has 154 valence electrons. The standard InChI is InChI=1S/C19H31O7P/c1-5-23-17(21)19(18(22)24-6-2)12-15(27(25-7-3)26-8-4)16(20)13-10-9-11-14(13)19/h13-15H,5-12H2,1-4H3. The largest absolute Gasteiger partial charge is 0.465 e. The summed E-state index contributed by atoms with van der Waals surface area (Å²) < 4.78 is 22.1. The van der Waals surface area contributed by atoms with Gasteiger partial charge in [0.25, 0.3) is 0 Å². The van der Waals surface area contributed by atoms with Crippen LogP contribution >= 0.6 is 8.38 Å². The minimum absolute atomic E-state index is 0.0381. The molecule has 2 rings (SSSR count). The molecule has 3 atom stereocenters. The second kappa shape index (κ2) is 9.94. The van der Waals surface area contributed by atoms with Crippen molar-refractivity contribution in [2.75, 3.05) is 26.4 Å². The quantitative estimate of drug-likeness (QED) is 0.332. The minimum Gasteiger partial charge on any atom is -0.465 e. The predicted molar refractivity (Wildman–Crippen MR) is 100 cm³/mol. The van der Waals surface area contributed by atoms with Crippen molar-refractivity contribution in [3.8, 4) is 0 Å². The Hall–Kier alpha value is -1.04. The summed E-state index contributed by atoms with van der Waals surface area (Å²) in [5.74, 6) is -1.85. The zero-order chi connectivity index (χ0) is 20.0. The van der Waals surface area contributed by atoms with Gasteiger partial charge in [-0.3, -0.25) is 14.4 Å². The summed E-state index contributed by atoms with van der Waals surface area (Å²) >= 11 is 0. The maximum absolute atomic E-state index is 13.2. The topological polar surface area (TPSA) is 88.1 Å². The molecule has 8 heteroatoms. The third-order valence-corrected chi connectivity index (χ3v) is 7.38. The van der Waals surface area contributed by atoms with Crippen molar-refractivity contribution in [2.45, 2.75) is 59.0 Å². The summed E-state index contributed by atoms with van der Waals surface area (Å²) in [5.41, 5.74) is -2.09. The molecule has 3 unspecified atom stereocenters. The highest BCUT2D eigenvalue weighted by Crippen LogP contribution is 2.59. The molecule has 0 heterocycles. The molecule has 2 aliphatic rings. The van der Waals surface area contributed by atoms with E-state index in [-0.39, 0.29) is 37.3 Å². The van der Waals surface area contributed by atoms with Crippen molar-refractivity contribution in [3.05, 3.63) is 0 Å². The van der Waals surface area contributed by atoms with E-state index >= 15 is 0 Å². The zero-order valence-corrected chi connectivity index (χ0v) is 17.6. The molecular weight excluding hydrogens is 371 g/mol. The van der Waals surface area contributed by atoms with Crippen molar-refractivity contribution in [1.29, 1.82) is 0 Å². The maximum Gasteiger partial charge on any atom is 0.323 e. The van der Waals surface area contributed by atoms with E-state index in [4.69, 9.17) is 18.5 Å². The summed E-state index contributed by atoms with van der Waals surface area (Å²) in [4.78, 5) is 39.3. The lowest BCUT2D eigenvalue weighted by Gasteiger charge is -2.44. The molecule has 7 nitrogen and oxygen atoms in total. The van der Waals surface area contributed by atoms with E-state index in [0.29, 0.717) is 26.1 Å². The molecule has 0 N–H and O–H groups in total.